The fraction of sp³-hybridized carbons (Fsp3) is 0.538. The summed E-state index contributed by atoms with van der Waals surface area (Å²) in [6.45, 7) is 3.31. The van der Waals surface area contributed by atoms with E-state index in [0.717, 1.165) is 32.7 Å². The van der Waals surface area contributed by atoms with Crippen LogP contribution in [0.15, 0.2) is 24.3 Å². The fourth-order valence-corrected chi connectivity index (χ4v) is 2.05. The molecule has 0 aromatic heterocycles. The summed E-state index contributed by atoms with van der Waals surface area (Å²) in [6, 6.07) is 8.53. The van der Waals surface area contributed by atoms with Gasteiger partial charge in [0.1, 0.15) is 0 Å². The summed E-state index contributed by atoms with van der Waals surface area (Å²) < 4.78 is 10.8. The molecule has 2 rings (SSSR count). The van der Waals surface area contributed by atoms with Crippen molar-refractivity contribution in [3.8, 4) is 0 Å². The smallest absolute Gasteiger partial charge is 0.0952 e. The van der Waals surface area contributed by atoms with Crippen molar-refractivity contribution in [2.45, 2.75) is 12.5 Å². The second kappa shape index (κ2) is 5.99. The number of fused-ring (bicyclic) bond motifs is 1. The van der Waals surface area contributed by atoms with Gasteiger partial charge in [-0.05, 0) is 17.5 Å². The van der Waals surface area contributed by atoms with Gasteiger partial charge in [-0.1, -0.05) is 24.3 Å². The Bertz CT molecular complexity index is 327. The lowest BCUT2D eigenvalue weighted by atomic mass is 9.98. The minimum Gasteiger partial charge on any atom is -0.383 e. The van der Waals surface area contributed by atoms with Crippen molar-refractivity contribution in [1.82, 2.24) is 5.32 Å². The Morgan fingerprint density at radius 2 is 2.31 bits per heavy atom. The van der Waals surface area contributed by atoms with E-state index in [1.807, 2.05) is 0 Å². The number of hydrogen-bond acceptors (Lipinski definition) is 3. The van der Waals surface area contributed by atoms with E-state index in [-0.39, 0.29) is 6.10 Å². The number of methoxy groups -OCH3 is 1. The summed E-state index contributed by atoms with van der Waals surface area (Å²) in [7, 11) is 1.72. The number of ether oxygens (including phenoxy) is 2. The molecule has 0 aliphatic carbocycles. The van der Waals surface area contributed by atoms with E-state index in [0.29, 0.717) is 0 Å². The molecule has 0 spiro atoms. The van der Waals surface area contributed by atoms with Crippen LogP contribution in [0.3, 0.4) is 0 Å². The topological polar surface area (TPSA) is 30.5 Å². The Labute approximate surface area is 96.8 Å². The van der Waals surface area contributed by atoms with Crippen LogP contribution in [-0.4, -0.2) is 33.4 Å². The molecule has 1 aliphatic heterocycles. The third-order valence-electron chi connectivity index (χ3n) is 2.91. The minimum absolute atomic E-state index is 0.196. The van der Waals surface area contributed by atoms with Crippen LogP contribution >= 0.6 is 0 Å². The molecule has 16 heavy (non-hydrogen) atoms. The van der Waals surface area contributed by atoms with E-state index < -0.39 is 0 Å². The highest BCUT2D eigenvalue weighted by Gasteiger charge is 2.19. The predicted octanol–water partition coefficient (Wildman–Crippen LogP) is 1.54. The molecular weight excluding hydrogens is 202 g/mol. The molecular formula is C13H19NO2. The fourth-order valence-electron chi connectivity index (χ4n) is 2.05. The first-order valence-corrected chi connectivity index (χ1v) is 5.81. The molecule has 0 saturated heterocycles. The monoisotopic (exact) mass is 221 g/mol. The van der Waals surface area contributed by atoms with E-state index >= 15 is 0 Å². The zero-order valence-electron chi connectivity index (χ0n) is 9.74. The summed E-state index contributed by atoms with van der Waals surface area (Å²) >= 11 is 0. The third-order valence-corrected chi connectivity index (χ3v) is 2.91. The summed E-state index contributed by atoms with van der Waals surface area (Å²) in [4.78, 5) is 0. The van der Waals surface area contributed by atoms with Gasteiger partial charge >= 0.3 is 0 Å². The molecule has 1 heterocycles. The van der Waals surface area contributed by atoms with Crippen LogP contribution in [0.2, 0.25) is 0 Å². The molecule has 1 aliphatic rings. The molecule has 3 nitrogen and oxygen atoms in total. The van der Waals surface area contributed by atoms with Gasteiger partial charge in [-0.15, -0.1) is 0 Å². The highest BCUT2D eigenvalue weighted by Crippen LogP contribution is 2.25. The van der Waals surface area contributed by atoms with Gasteiger partial charge in [-0.3, -0.25) is 0 Å². The lowest BCUT2D eigenvalue weighted by Gasteiger charge is -2.26. The number of rotatable bonds is 5. The maximum Gasteiger partial charge on any atom is 0.0952 e. The Morgan fingerprint density at radius 3 is 3.19 bits per heavy atom. The molecule has 1 N–H and O–H groups in total. The summed E-state index contributed by atoms with van der Waals surface area (Å²) in [5.74, 6) is 0. The van der Waals surface area contributed by atoms with Gasteiger partial charge in [-0.2, -0.15) is 0 Å². The van der Waals surface area contributed by atoms with Crippen molar-refractivity contribution in [3.63, 3.8) is 0 Å². The molecule has 3 heteroatoms. The molecule has 0 saturated carbocycles. The van der Waals surface area contributed by atoms with E-state index in [2.05, 4.69) is 29.6 Å². The molecule has 1 atom stereocenters. The zero-order chi connectivity index (χ0) is 11.2. The highest BCUT2D eigenvalue weighted by atomic mass is 16.5. The predicted molar refractivity (Wildman–Crippen MR) is 63.6 cm³/mol. The molecule has 0 fully saturated rings. The average molecular weight is 221 g/mol. The van der Waals surface area contributed by atoms with E-state index in [1.54, 1.807) is 7.11 Å². The average Bonchev–Trinajstić information content (AvgIpc) is 2.35. The number of benzene rings is 1. The number of hydrogen-bond donors (Lipinski definition) is 1. The van der Waals surface area contributed by atoms with Gasteiger partial charge in [-0.25, -0.2) is 0 Å². The van der Waals surface area contributed by atoms with Crippen LogP contribution in [-0.2, 0) is 15.9 Å². The molecule has 0 amide bonds. The Balaban J connectivity index is 1.91. The SMILES string of the molecule is COCCNCC1OCCc2ccccc21. The van der Waals surface area contributed by atoms with E-state index in [9.17, 15) is 0 Å². The van der Waals surface area contributed by atoms with Crippen LogP contribution in [0.25, 0.3) is 0 Å². The second-order valence-corrected chi connectivity index (χ2v) is 4.01. The molecule has 1 aromatic carbocycles. The van der Waals surface area contributed by atoms with Crippen molar-refractivity contribution in [2.75, 3.05) is 33.4 Å². The lowest BCUT2D eigenvalue weighted by Crippen LogP contribution is -2.29. The van der Waals surface area contributed by atoms with Gasteiger partial charge in [0.05, 0.1) is 19.3 Å². The van der Waals surface area contributed by atoms with Crippen LogP contribution in [0.4, 0.5) is 0 Å². The highest BCUT2D eigenvalue weighted by molar-refractivity contribution is 5.31. The quantitative estimate of drug-likeness (QED) is 0.765. The van der Waals surface area contributed by atoms with Crippen LogP contribution < -0.4 is 5.32 Å². The standard InChI is InChI=1S/C13H19NO2/c1-15-9-7-14-10-13-12-5-3-2-4-11(12)6-8-16-13/h2-5,13-14H,6-10H2,1H3. The van der Waals surface area contributed by atoms with Gasteiger partial charge in [0.2, 0.25) is 0 Å². The Morgan fingerprint density at radius 1 is 1.44 bits per heavy atom. The molecule has 88 valence electrons. The lowest BCUT2D eigenvalue weighted by molar-refractivity contribution is 0.0415. The maximum atomic E-state index is 5.78. The van der Waals surface area contributed by atoms with Crippen molar-refractivity contribution in [2.24, 2.45) is 0 Å². The first kappa shape index (κ1) is 11.6. The van der Waals surface area contributed by atoms with Crippen LogP contribution in [0, 0.1) is 0 Å². The minimum atomic E-state index is 0.196. The Hall–Kier alpha value is -0.900. The molecule has 0 bridgehead atoms. The van der Waals surface area contributed by atoms with Gasteiger partial charge in [0, 0.05) is 20.2 Å². The molecule has 0 radical (unpaired) electrons. The summed E-state index contributed by atoms with van der Waals surface area (Å²) in [6.07, 6.45) is 1.23. The van der Waals surface area contributed by atoms with Crippen molar-refractivity contribution < 1.29 is 9.47 Å². The molecule has 1 unspecified atom stereocenters. The van der Waals surface area contributed by atoms with E-state index in [1.165, 1.54) is 11.1 Å². The first-order valence-electron chi connectivity index (χ1n) is 5.81. The first-order chi connectivity index (χ1) is 7.92. The molecule has 1 aromatic rings. The number of nitrogens with one attached hydrogen (secondary N) is 1. The summed E-state index contributed by atoms with van der Waals surface area (Å²) in [5, 5.41) is 3.35. The van der Waals surface area contributed by atoms with Crippen LogP contribution in [0.5, 0.6) is 0 Å². The normalized spacial score (nSPS) is 19.4. The van der Waals surface area contributed by atoms with Gasteiger partial charge in [0.15, 0.2) is 0 Å². The van der Waals surface area contributed by atoms with Gasteiger partial charge in [0.25, 0.3) is 0 Å². The second-order valence-electron chi connectivity index (χ2n) is 4.01. The maximum absolute atomic E-state index is 5.78. The van der Waals surface area contributed by atoms with Crippen LogP contribution in [0.1, 0.15) is 17.2 Å². The van der Waals surface area contributed by atoms with E-state index in [4.69, 9.17) is 9.47 Å². The van der Waals surface area contributed by atoms with Crippen molar-refractivity contribution in [1.29, 1.82) is 0 Å². The zero-order valence-corrected chi connectivity index (χ0v) is 9.74. The Kier molecular flexibility index (Phi) is 4.34. The van der Waals surface area contributed by atoms with Crippen molar-refractivity contribution >= 4 is 0 Å². The largest absolute Gasteiger partial charge is 0.383 e. The van der Waals surface area contributed by atoms with Crippen molar-refractivity contribution in [3.05, 3.63) is 35.4 Å². The van der Waals surface area contributed by atoms with Gasteiger partial charge < -0.3 is 14.8 Å². The third kappa shape index (κ3) is 2.82. The summed E-state index contributed by atoms with van der Waals surface area (Å²) in [5.41, 5.74) is 2.76.